The summed E-state index contributed by atoms with van der Waals surface area (Å²) in [5, 5.41) is 12.4. The summed E-state index contributed by atoms with van der Waals surface area (Å²) in [6.45, 7) is 1.73. The second-order valence-electron chi connectivity index (χ2n) is 5.89. The molecular formula is C19H20N2O4. The number of aromatic nitrogens is 1. The molecule has 3 aromatic rings. The van der Waals surface area contributed by atoms with Gasteiger partial charge in [-0.05, 0) is 24.6 Å². The fourth-order valence-electron chi connectivity index (χ4n) is 3.35. The second-order valence-corrected chi connectivity index (χ2v) is 5.89. The van der Waals surface area contributed by atoms with Crippen LogP contribution >= 0.6 is 0 Å². The van der Waals surface area contributed by atoms with E-state index in [0.29, 0.717) is 11.5 Å². The molecule has 2 aromatic carbocycles. The van der Waals surface area contributed by atoms with Crippen molar-refractivity contribution >= 4 is 10.9 Å². The Hall–Kier alpha value is -3.02. The highest BCUT2D eigenvalue weighted by atomic mass is 16.6. The molecule has 0 saturated carbocycles. The Morgan fingerprint density at radius 3 is 2.60 bits per heavy atom. The lowest BCUT2D eigenvalue weighted by Crippen LogP contribution is -2.15. The monoisotopic (exact) mass is 340 g/mol. The third-order valence-electron chi connectivity index (χ3n) is 4.44. The van der Waals surface area contributed by atoms with E-state index < -0.39 is 5.92 Å². The largest absolute Gasteiger partial charge is 0.497 e. The molecule has 0 amide bonds. The predicted octanol–water partition coefficient (Wildman–Crippen LogP) is 3.90. The maximum absolute atomic E-state index is 11.4. The lowest BCUT2D eigenvalue weighted by molar-refractivity contribution is -0.481. The molecule has 0 aliphatic heterocycles. The Morgan fingerprint density at radius 1 is 1.16 bits per heavy atom. The number of benzene rings is 2. The summed E-state index contributed by atoms with van der Waals surface area (Å²) in [4.78, 5) is 14.4. The highest BCUT2D eigenvalue weighted by Crippen LogP contribution is 2.39. The predicted molar refractivity (Wildman–Crippen MR) is 96.3 cm³/mol. The molecule has 1 atom stereocenters. The van der Waals surface area contributed by atoms with E-state index in [9.17, 15) is 10.1 Å². The van der Waals surface area contributed by atoms with Gasteiger partial charge in [0.25, 0.3) is 0 Å². The lowest BCUT2D eigenvalue weighted by Gasteiger charge is -2.18. The van der Waals surface area contributed by atoms with Gasteiger partial charge in [-0.1, -0.05) is 24.3 Å². The number of hydrogen-bond acceptors (Lipinski definition) is 4. The van der Waals surface area contributed by atoms with E-state index in [4.69, 9.17) is 9.47 Å². The van der Waals surface area contributed by atoms with Crippen molar-refractivity contribution in [2.24, 2.45) is 0 Å². The number of nitrogens with one attached hydrogen (secondary N) is 1. The van der Waals surface area contributed by atoms with Crippen LogP contribution in [0, 0.1) is 17.0 Å². The van der Waals surface area contributed by atoms with Crippen LogP contribution in [0.2, 0.25) is 0 Å². The van der Waals surface area contributed by atoms with Crippen LogP contribution in [0.4, 0.5) is 0 Å². The van der Waals surface area contributed by atoms with Gasteiger partial charge in [0.05, 0.1) is 20.1 Å². The molecule has 0 fully saturated rings. The number of methoxy groups -OCH3 is 2. The third kappa shape index (κ3) is 3.15. The SMILES string of the molecule is COc1ccc([C@@H](C[N+](=O)[O-])c2c(C)[nH]c3ccccc23)c(OC)c1. The summed E-state index contributed by atoms with van der Waals surface area (Å²) in [7, 11) is 3.14. The van der Waals surface area contributed by atoms with Crippen molar-refractivity contribution in [1.82, 2.24) is 4.98 Å². The number of nitro groups is 1. The van der Waals surface area contributed by atoms with Crippen molar-refractivity contribution in [2.75, 3.05) is 20.8 Å². The van der Waals surface area contributed by atoms with Crippen LogP contribution in [0.1, 0.15) is 22.7 Å². The molecule has 25 heavy (non-hydrogen) atoms. The van der Waals surface area contributed by atoms with Gasteiger partial charge in [0.1, 0.15) is 11.5 Å². The molecule has 0 spiro atoms. The van der Waals surface area contributed by atoms with Gasteiger partial charge in [-0.25, -0.2) is 0 Å². The average molecular weight is 340 g/mol. The van der Waals surface area contributed by atoms with Crippen LogP contribution in [-0.2, 0) is 0 Å². The number of ether oxygens (including phenoxy) is 2. The molecule has 0 aliphatic carbocycles. The maximum Gasteiger partial charge on any atom is 0.214 e. The Kier molecular flexibility index (Phi) is 4.61. The van der Waals surface area contributed by atoms with Gasteiger partial charge >= 0.3 is 0 Å². The second kappa shape index (κ2) is 6.84. The lowest BCUT2D eigenvalue weighted by atomic mass is 9.88. The van der Waals surface area contributed by atoms with Gasteiger partial charge in [-0.3, -0.25) is 10.1 Å². The van der Waals surface area contributed by atoms with E-state index in [1.165, 1.54) is 0 Å². The van der Waals surface area contributed by atoms with Crippen molar-refractivity contribution < 1.29 is 14.4 Å². The summed E-state index contributed by atoms with van der Waals surface area (Å²) in [6.07, 6.45) is 0. The number of fused-ring (bicyclic) bond motifs is 1. The minimum Gasteiger partial charge on any atom is -0.497 e. The summed E-state index contributed by atoms with van der Waals surface area (Å²) < 4.78 is 10.7. The van der Waals surface area contributed by atoms with Crippen LogP contribution in [0.3, 0.4) is 0 Å². The zero-order valence-corrected chi connectivity index (χ0v) is 14.4. The zero-order valence-electron chi connectivity index (χ0n) is 14.4. The van der Waals surface area contributed by atoms with E-state index in [1.807, 2.05) is 37.3 Å². The minimum atomic E-state index is -0.424. The fraction of sp³-hybridized carbons (Fsp3) is 0.263. The number of hydrogen-bond donors (Lipinski definition) is 1. The third-order valence-corrected chi connectivity index (χ3v) is 4.44. The van der Waals surface area contributed by atoms with Gasteiger partial charge in [-0.15, -0.1) is 0 Å². The molecule has 0 aliphatic rings. The molecule has 1 heterocycles. The van der Waals surface area contributed by atoms with E-state index in [-0.39, 0.29) is 11.5 Å². The number of H-pyrrole nitrogens is 1. The van der Waals surface area contributed by atoms with Gasteiger partial charge in [-0.2, -0.15) is 0 Å². The average Bonchev–Trinajstić information content (AvgIpc) is 2.94. The Balaban J connectivity index is 2.22. The summed E-state index contributed by atoms with van der Waals surface area (Å²) in [5.41, 5.74) is 3.59. The topological polar surface area (TPSA) is 77.4 Å². The molecule has 0 bridgehead atoms. The van der Waals surface area contributed by atoms with Gasteiger partial charge in [0.15, 0.2) is 0 Å². The first kappa shape index (κ1) is 16.8. The molecule has 3 rings (SSSR count). The van der Waals surface area contributed by atoms with E-state index in [0.717, 1.165) is 27.7 Å². The van der Waals surface area contributed by atoms with E-state index >= 15 is 0 Å². The molecule has 0 radical (unpaired) electrons. The van der Waals surface area contributed by atoms with Gasteiger partial charge in [0, 0.05) is 33.1 Å². The molecule has 130 valence electrons. The van der Waals surface area contributed by atoms with Crippen molar-refractivity contribution in [3.05, 3.63) is 69.4 Å². The smallest absolute Gasteiger partial charge is 0.214 e. The van der Waals surface area contributed by atoms with Crippen LogP contribution in [0.25, 0.3) is 10.9 Å². The quantitative estimate of drug-likeness (QED) is 0.545. The fourth-order valence-corrected chi connectivity index (χ4v) is 3.35. The van der Waals surface area contributed by atoms with Crippen molar-refractivity contribution in [2.45, 2.75) is 12.8 Å². The van der Waals surface area contributed by atoms with Crippen molar-refractivity contribution in [3.8, 4) is 11.5 Å². The zero-order chi connectivity index (χ0) is 18.0. The Morgan fingerprint density at radius 2 is 1.92 bits per heavy atom. The van der Waals surface area contributed by atoms with Gasteiger partial charge in [0.2, 0.25) is 6.54 Å². The molecule has 1 aromatic heterocycles. The van der Waals surface area contributed by atoms with Crippen LogP contribution < -0.4 is 9.47 Å². The highest BCUT2D eigenvalue weighted by molar-refractivity contribution is 5.85. The number of para-hydroxylation sites is 1. The van der Waals surface area contributed by atoms with Crippen LogP contribution in [-0.4, -0.2) is 30.7 Å². The highest BCUT2D eigenvalue weighted by Gasteiger charge is 2.28. The van der Waals surface area contributed by atoms with Crippen molar-refractivity contribution in [3.63, 3.8) is 0 Å². The van der Waals surface area contributed by atoms with Gasteiger partial charge < -0.3 is 14.5 Å². The standard InChI is InChI=1S/C19H20N2O4/c1-12-19(15-6-4-5-7-17(15)20-12)16(11-21(22)23)14-9-8-13(24-2)10-18(14)25-3/h4-10,16,20H,11H2,1-3H3/t16-/m1/s1. The normalized spacial score (nSPS) is 12.1. The first-order valence-electron chi connectivity index (χ1n) is 7.96. The molecule has 6 heteroatoms. The Labute approximate surface area is 145 Å². The van der Waals surface area contributed by atoms with Crippen molar-refractivity contribution in [1.29, 1.82) is 0 Å². The first-order valence-corrected chi connectivity index (χ1v) is 7.96. The summed E-state index contributed by atoms with van der Waals surface area (Å²) in [5.74, 6) is 0.805. The minimum absolute atomic E-state index is 0.217. The van der Waals surface area contributed by atoms with E-state index in [1.54, 1.807) is 26.4 Å². The summed E-state index contributed by atoms with van der Waals surface area (Å²) >= 11 is 0. The summed E-state index contributed by atoms with van der Waals surface area (Å²) in [6, 6.07) is 13.2. The molecule has 6 nitrogen and oxygen atoms in total. The van der Waals surface area contributed by atoms with Crippen LogP contribution in [0.15, 0.2) is 42.5 Å². The number of aryl methyl sites for hydroxylation is 1. The van der Waals surface area contributed by atoms with Crippen LogP contribution in [0.5, 0.6) is 11.5 Å². The molecule has 0 unspecified atom stereocenters. The molecule has 1 N–H and O–H groups in total. The maximum atomic E-state index is 11.4. The number of rotatable bonds is 6. The molecule has 0 saturated heterocycles. The molecular weight excluding hydrogens is 320 g/mol. The first-order chi connectivity index (χ1) is 12.0. The Bertz CT molecular complexity index is 917. The number of aromatic amines is 1. The van der Waals surface area contributed by atoms with E-state index in [2.05, 4.69) is 4.98 Å². The number of nitrogens with zero attached hydrogens (tertiary/aromatic N) is 1.